The molecule has 3 saturated carbocycles. The molecule has 0 unspecified atom stereocenters. The van der Waals surface area contributed by atoms with E-state index in [4.69, 9.17) is 0 Å². The monoisotopic (exact) mass is 522 g/mol. The Balaban J connectivity index is 1.17. The van der Waals surface area contributed by atoms with Crippen LogP contribution >= 0.6 is 0 Å². The van der Waals surface area contributed by atoms with Crippen molar-refractivity contribution in [3.63, 3.8) is 0 Å². The standard InChI is InChI=1S/C35H64F2/c36-28-12-8-4-2-1-3-6-10-14-30-16-20-32(21-17-30)34-24-26-35(27-25-34)33-22-18-31(19-23-33)15-11-7-5-9-13-29-37/h30-35H,1-29H2. The van der Waals surface area contributed by atoms with Gasteiger partial charge in [-0.25, -0.2) is 0 Å². The van der Waals surface area contributed by atoms with Crippen molar-refractivity contribution >= 4 is 0 Å². The lowest BCUT2D eigenvalue weighted by Crippen LogP contribution is -2.29. The summed E-state index contributed by atoms with van der Waals surface area (Å²) in [4.78, 5) is 0. The molecule has 0 spiro atoms. The van der Waals surface area contributed by atoms with Crippen molar-refractivity contribution in [1.29, 1.82) is 0 Å². The second-order valence-corrected chi connectivity index (χ2v) is 13.8. The van der Waals surface area contributed by atoms with Crippen LogP contribution in [0.15, 0.2) is 0 Å². The van der Waals surface area contributed by atoms with Crippen LogP contribution < -0.4 is 0 Å². The van der Waals surface area contributed by atoms with Crippen LogP contribution in [0.2, 0.25) is 0 Å². The number of hydrogen-bond acceptors (Lipinski definition) is 0. The zero-order valence-electron chi connectivity index (χ0n) is 24.7. The van der Waals surface area contributed by atoms with Crippen LogP contribution in [0.3, 0.4) is 0 Å². The third-order valence-corrected chi connectivity index (χ3v) is 11.2. The van der Waals surface area contributed by atoms with Crippen LogP contribution in [0.4, 0.5) is 8.78 Å². The maximum atomic E-state index is 12.2. The molecule has 0 radical (unpaired) electrons. The summed E-state index contributed by atoms with van der Waals surface area (Å²) < 4.78 is 24.3. The maximum absolute atomic E-state index is 12.2. The van der Waals surface area contributed by atoms with Crippen LogP contribution in [0.1, 0.15) is 173 Å². The second-order valence-electron chi connectivity index (χ2n) is 13.8. The summed E-state index contributed by atoms with van der Waals surface area (Å²) in [6.07, 6.45) is 37.2. The van der Waals surface area contributed by atoms with Crippen molar-refractivity contribution in [2.75, 3.05) is 13.3 Å². The van der Waals surface area contributed by atoms with E-state index in [1.165, 1.54) is 122 Å². The van der Waals surface area contributed by atoms with Gasteiger partial charge in [-0.1, -0.05) is 109 Å². The summed E-state index contributed by atoms with van der Waals surface area (Å²) in [7, 11) is 0. The Bertz CT molecular complexity index is 509. The molecular formula is C35H64F2. The fraction of sp³-hybridized carbons (Fsp3) is 1.00. The van der Waals surface area contributed by atoms with Gasteiger partial charge in [-0.15, -0.1) is 0 Å². The molecule has 0 aliphatic heterocycles. The van der Waals surface area contributed by atoms with Crippen LogP contribution in [0.25, 0.3) is 0 Å². The predicted octanol–water partition coefficient (Wildman–Crippen LogP) is 12.2. The lowest BCUT2D eigenvalue weighted by molar-refractivity contribution is 0.102. The highest BCUT2D eigenvalue weighted by Gasteiger charge is 2.34. The molecule has 0 aromatic carbocycles. The minimum absolute atomic E-state index is 0.125. The first-order chi connectivity index (χ1) is 18.3. The molecule has 3 aliphatic rings. The third kappa shape index (κ3) is 12.7. The highest BCUT2D eigenvalue weighted by atomic mass is 19.1. The molecule has 0 nitrogen and oxygen atoms in total. The van der Waals surface area contributed by atoms with Gasteiger partial charge in [0.2, 0.25) is 0 Å². The quantitative estimate of drug-likeness (QED) is 0.148. The number of halogens is 2. The minimum Gasteiger partial charge on any atom is -0.251 e. The van der Waals surface area contributed by atoms with Gasteiger partial charge >= 0.3 is 0 Å². The van der Waals surface area contributed by atoms with Gasteiger partial charge in [-0.05, 0) is 99.7 Å². The molecule has 0 aromatic heterocycles. The van der Waals surface area contributed by atoms with E-state index in [0.717, 1.165) is 61.2 Å². The molecule has 0 amide bonds. The first kappa shape index (κ1) is 31.4. The Hall–Kier alpha value is -0.140. The topological polar surface area (TPSA) is 0 Å². The number of alkyl halides is 2. The fourth-order valence-corrected chi connectivity index (χ4v) is 8.63. The van der Waals surface area contributed by atoms with Gasteiger partial charge in [0, 0.05) is 0 Å². The lowest BCUT2D eigenvalue weighted by atomic mass is 9.64. The van der Waals surface area contributed by atoms with Crippen molar-refractivity contribution in [3.8, 4) is 0 Å². The van der Waals surface area contributed by atoms with Gasteiger partial charge in [-0.2, -0.15) is 0 Å². The fourth-order valence-electron chi connectivity index (χ4n) is 8.63. The molecule has 0 atom stereocenters. The van der Waals surface area contributed by atoms with E-state index in [9.17, 15) is 8.78 Å². The van der Waals surface area contributed by atoms with E-state index in [1.807, 2.05) is 0 Å². The number of rotatable bonds is 19. The van der Waals surface area contributed by atoms with E-state index in [2.05, 4.69) is 0 Å². The van der Waals surface area contributed by atoms with Crippen molar-refractivity contribution in [2.24, 2.45) is 35.5 Å². The second kappa shape index (κ2) is 19.8. The van der Waals surface area contributed by atoms with Gasteiger partial charge in [0.1, 0.15) is 0 Å². The molecule has 0 saturated heterocycles. The summed E-state index contributed by atoms with van der Waals surface area (Å²) in [5.74, 6) is 6.25. The normalized spacial score (nSPS) is 31.0. The summed E-state index contributed by atoms with van der Waals surface area (Å²) in [5.41, 5.74) is 0. The molecule has 0 bridgehead atoms. The number of unbranched alkanes of at least 4 members (excludes halogenated alkanes) is 11. The molecule has 3 rings (SSSR count). The zero-order valence-corrected chi connectivity index (χ0v) is 24.7. The van der Waals surface area contributed by atoms with Gasteiger partial charge in [-0.3, -0.25) is 8.78 Å². The van der Waals surface area contributed by atoms with Crippen LogP contribution in [0, 0.1) is 35.5 Å². The van der Waals surface area contributed by atoms with Crippen LogP contribution in [-0.2, 0) is 0 Å². The minimum atomic E-state index is -0.128. The average Bonchev–Trinajstić information content (AvgIpc) is 2.95. The molecule has 3 aliphatic carbocycles. The Kier molecular flexibility index (Phi) is 16.8. The van der Waals surface area contributed by atoms with Crippen LogP contribution in [0.5, 0.6) is 0 Å². The lowest BCUT2D eigenvalue weighted by Gasteiger charge is -2.41. The summed E-state index contributed by atoms with van der Waals surface area (Å²) in [6.45, 7) is -0.253. The summed E-state index contributed by atoms with van der Waals surface area (Å²) in [6, 6.07) is 0. The van der Waals surface area contributed by atoms with E-state index in [-0.39, 0.29) is 13.3 Å². The Morgan fingerprint density at radius 1 is 0.297 bits per heavy atom. The zero-order chi connectivity index (χ0) is 26.0. The SMILES string of the molecule is FCCCCCCCCCCC1CCC(C2CCC(C3CCC(CCCCCCCF)CC3)CC2)CC1. The largest absolute Gasteiger partial charge is 0.251 e. The molecule has 3 fully saturated rings. The molecule has 0 N–H and O–H groups in total. The van der Waals surface area contributed by atoms with Gasteiger partial charge in [0.05, 0.1) is 13.3 Å². The van der Waals surface area contributed by atoms with Gasteiger partial charge < -0.3 is 0 Å². The van der Waals surface area contributed by atoms with E-state index in [0.29, 0.717) is 0 Å². The van der Waals surface area contributed by atoms with Crippen molar-refractivity contribution in [2.45, 2.75) is 173 Å². The summed E-state index contributed by atoms with van der Waals surface area (Å²) in [5, 5.41) is 0. The van der Waals surface area contributed by atoms with Crippen molar-refractivity contribution in [1.82, 2.24) is 0 Å². The highest BCUT2D eigenvalue weighted by Crippen LogP contribution is 2.46. The molecule has 37 heavy (non-hydrogen) atoms. The van der Waals surface area contributed by atoms with Crippen molar-refractivity contribution in [3.05, 3.63) is 0 Å². The van der Waals surface area contributed by atoms with Gasteiger partial charge in [0.15, 0.2) is 0 Å². The Morgan fingerprint density at radius 3 is 0.838 bits per heavy atom. The molecule has 0 heterocycles. The van der Waals surface area contributed by atoms with E-state index < -0.39 is 0 Å². The smallest absolute Gasteiger partial charge is 0.0894 e. The molecule has 0 aromatic rings. The predicted molar refractivity (Wildman–Crippen MR) is 158 cm³/mol. The first-order valence-electron chi connectivity index (χ1n) is 17.4. The van der Waals surface area contributed by atoms with Crippen LogP contribution in [-0.4, -0.2) is 13.3 Å². The maximum Gasteiger partial charge on any atom is 0.0894 e. The number of hydrogen-bond donors (Lipinski definition) is 0. The Morgan fingerprint density at radius 2 is 0.541 bits per heavy atom. The highest BCUT2D eigenvalue weighted by molar-refractivity contribution is 4.86. The Labute approximate surface area is 230 Å². The molecule has 2 heteroatoms. The van der Waals surface area contributed by atoms with Crippen molar-refractivity contribution < 1.29 is 8.78 Å². The molecular weight excluding hydrogens is 458 g/mol. The average molecular weight is 523 g/mol. The van der Waals surface area contributed by atoms with E-state index >= 15 is 0 Å². The van der Waals surface area contributed by atoms with Gasteiger partial charge in [0.25, 0.3) is 0 Å². The third-order valence-electron chi connectivity index (χ3n) is 11.2. The summed E-state index contributed by atoms with van der Waals surface area (Å²) >= 11 is 0. The first-order valence-corrected chi connectivity index (χ1v) is 17.4. The van der Waals surface area contributed by atoms with E-state index in [1.54, 1.807) is 25.7 Å². The molecule has 218 valence electrons.